The first-order valence-electron chi connectivity index (χ1n) is 6.47. The van der Waals surface area contributed by atoms with E-state index >= 15 is 0 Å². The van der Waals surface area contributed by atoms with Gasteiger partial charge in [0.25, 0.3) is 0 Å². The van der Waals surface area contributed by atoms with Crippen LogP contribution in [-0.4, -0.2) is 37.1 Å². The molecule has 0 aliphatic heterocycles. The maximum atomic E-state index is 12.2. The van der Waals surface area contributed by atoms with Crippen molar-refractivity contribution in [1.29, 1.82) is 0 Å². The lowest BCUT2D eigenvalue weighted by atomic mass is 10.1. The number of thiazole rings is 1. The smallest absolute Gasteiger partial charge is 0.227 e. The second-order valence-electron chi connectivity index (χ2n) is 4.54. The maximum Gasteiger partial charge on any atom is 0.227 e. The minimum Gasteiger partial charge on any atom is -0.493 e. The molecule has 0 aliphatic rings. The molecule has 0 fully saturated rings. The number of hydrogen-bond donors (Lipinski definition) is 0. The Morgan fingerprint density at radius 1 is 1.29 bits per heavy atom. The topological polar surface area (TPSA) is 51.7 Å². The van der Waals surface area contributed by atoms with E-state index in [1.807, 2.05) is 23.6 Å². The van der Waals surface area contributed by atoms with Crippen LogP contribution in [0.15, 0.2) is 29.8 Å². The fourth-order valence-electron chi connectivity index (χ4n) is 1.92. The average Bonchev–Trinajstić information content (AvgIpc) is 2.99. The summed E-state index contributed by atoms with van der Waals surface area (Å²) in [5.74, 6) is 1.33. The molecule has 5 nitrogen and oxygen atoms in total. The lowest BCUT2D eigenvalue weighted by molar-refractivity contribution is -0.129. The van der Waals surface area contributed by atoms with Gasteiger partial charge >= 0.3 is 0 Å². The van der Waals surface area contributed by atoms with Crippen LogP contribution in [0, 0.1) is 0 Å². The van der Waals surface area contributed by atoms with Gasteiger partial charge in [-0.3, -0.25) is 4.79 Å². The van der Waals surface area contributed by atoms with Crippen molar-refractivity contribution in [1.82, 2.24) is 9.88 Å². The normalized spacial score (nSPS) is 10.2. The van der Waals surface area contributed by atoms with Gasteiger partial charge in [-0.1, -0.05) is 6.07 Å². The van der Waals surface area contributed by atoms with E-state index in [4.69, 9.17) is 9.47 Å². The fourth-order valence-corrected chi connectivity index (χ4v) is 2.59. The highest BCUT2D eigenvalue weighted by Gasteiger charge is 2.13. The molecular weight excluding hydrogens is 288 g/mol. The number of ether oxygens (including phenoxy) is 2. The summed E-state index contributed by atoms with van der Waals surface area (Å²) in [5, 5.41) is 2.83. The first kappa shape index (κ1) is 15.3. The van der Waals surface area contributed by atoms with Gasteiger partial charge in [0.2, 0.25) is 5.91 Å². The highest BCUT2D eigenvalue weighted by atomic mass is 32.1. The van der Waals surface area contributed by atoms with Crippen molar-refractivity contribution in [2.75, 3.05) is 21.3 Å². The van der Waals surface area contributed by atoms with Gasteiger partial charge in [-0.2, -0.15) is 0 Å². The van der Waals surface area contributed by atoms with Crippen LogP contribution in [0.3, 0.4) is 0 Å². The van der Waals surface area contributed by atoms with Gasteiger partial charge in [0.15, 0.2) is 11.5 Å². The fraction of sp³-hybridized carbons (Fsp3) is 0.333. The summed E-state index contributed by atoms with van der Waals surface area (Å²) in [4.78, 5) is 18.1. The van der Waals surface area contributed by atoms with Gasteiger partial charge in [-0.05, 0) is 17.7 Å². The van der Waals surface area contributed by atoms with Crippen molar-refractivity contribution < 1.29 is 14.3 Å². The number of rotatable bonds is 6. The van der Waals surface area contributed by atoms with Gasteiger partial charge < -0.3 is 14.4 Å². The van der Waals surface area contributed by atoms with Gasteiger partial charge in [-0.15, -0.1) is 11.3 Å². The molecule has 0 aliphatic carbocycles. The predicted molar refractivity (Wildman–Crippen MR) is 81.8 cm³/mol. The first-order chi connectivity index (χ1) is 10.1. The molecule has 2 rings (SSSR count). The minimum absolute atomic E-state index is 0.0393. The Hall–Kier alpha value is -2.08. The van der Waals surface area contributed by atoms with Crippen molar-refractivity contribution in [2.45, 2.75) is 13.0 Å². The Labute approximate surface area is 128 Å². The van der Waals surface area contributed by atoms with E-state index in [2.05, 4.69) is 4.98 Å². The molecule has 112 valence electrons. The first-order valence-corrected chi connectivity index (χ1v) is 7.35. The zero-order valence-electron chi connectivity index (χ0n) is 12.3. The number of benzene rings is 1. The Morgan fingerprint density at radius 3 is 2.67 bits per heavy atom. The van der Waals surface area contributed by atoms with Crippen LogP contribution in [0.2, 0.25) is 0 Å². The van der Waals surface area contributed by atoms with Crippen LogP contribution >= 0.6 is 11.3 Å². The lowest BCUT2D eigenvalue weighted by Gasteiger charge is -2.16. The molecule has 6 heteroatoms. The zero-order valence-corrected chi connectivity index (χ0v) is 13.1. The molecule has 0 saturated heterocycles. The second-order valence-corrected chi connectivity index (χ2v) is 5.52. The molecule has 0 radical (unpaired) electrons. The van der Waals surface area contributed by atoms with Gasteiger partial charge in [0.1, 0.15) is 5.01 Å². The molecule has 1 amide bonds. The molecule has 0 unspecified atom stereocenters. The number of likely N-dealkylation sites (N-methyl/N-ethyl adjacent to an activating group) is 1. The van der Waals surface area contributed by atoms with Crippen molar-refractivity contribution >= 4 is 17.2 Å². The van der Waals surface area contributed by atoms with Crippen LogP contribution in [0.4, 0.5) is 0 Å². The van der Waals surface area contributed by atoms with E-state index in [-0.39, 0.29) is 5.91 Å². The van der Waals surface area contributed by atoms with Crippen molar-refractivity contribution in [3.8, 4) is 11.5 Å². The van der Waals surface area contributed by atoms with Crippen LogP contribution in [-0.2, 0) is 17.8 Å². The average molecular weight is 306 g/mol. The Balaban J connectivity index is 2.01. The molecule has 0 atom stereocenters. The highest BCUT2D eigenvalue weighted by Crippen LogP contribution is 2.27. The zero-order chi connectivity index (χ0) is 15.2. The summed E-state index contributed by atoms with van der Waals surface area (Å²) >= 11 is 1.54. The largest absolute Gasteiger partial charge is 0.493 e. The lowest BCUT2D eigenvalue weighted by Crippen LogP contribution is -2.27. The molecule has 0 N–H and O–H groups in total. The SMILES string of the molecule is COc1ccc(CC(=O)N(C)Cc2nccs2)cc1OC. The van der Waals surface area contributed by atoms with Crippen LogP contribution in [0.25, 0.3) is 0 Å². The summed E-state index contributed by atoms with van der Waals surface area (Å²) in [6, 6.07) is 5.51. The number of amides is 1. The second kappa shape index (κ2) is 7.08. The molecule has 1 heterocycles. The van der Waals surface area contributed by atoms with E-state index in [0.717, 1.165) is 10.6 Å². The van der Waals surface area contributed by atoms with E-state index in [1.165, 1.54) is 0 Å². The Morgan fingerprint density at radius 2 is 2.05 bits per heavy atom. The van der Waals surface area contributed by atoms with E-state index in [0.29, 0.717) is 24.5 Å². The third-order valence-electron chi connectivity index (χ3n) is 3.08. The number of nitrogens with zero attached hydrogens (tertiary/aromatic N) is 2. The Kier molecular flexibility index (Phi) is 5.16. The third kappa shape index (κ3) is 3.95. The number of aromatic nitrogens is 1. The molecule has 2 aromatic rings. The predicted octanol–water partition coefficient (Wildman–Crippen LogP) is 2.36. The summed E-state index contributed by atoms with van der Waals surface area (Å²) < 4.78 is 10.4. The minimum atomic E-state index is 0.0393. The molecule has 1 aromatic carbocycles. The van der Waals surface area contributed by atoms with Crippen molar-refractivity contribution in [2.24, 2.45) is 0 Å². The van der Waals surface area contributed by atoms with Crippen LogP contribution in [0.5, 0.6) is 11.5 Å². The van der Waals surface area contributed by atoms with E-state index in [1.54, 1.807) is 43.7 Å². The summed E-state index contributed by atoms with van der Waals surface area (Å²) in [6.07, 6.45) is 2.06. The van der Waals surface area contributed by atoms with E-state index < -0.39 is 0 Å². The number of methoxy groups -OCH3 is 2. The Bertz CT molecular complexity index is 599. The van der Waals surface area contributed by atoms with Crippen LogP contribution in [0.1, 0.15) is 10.6 Å². The van der Waals surface area contributed by atoms with Crippen LogP contribution < -0.4 is 9.47 Å². The quantitative estimate of drug-likeness (QED) is 0.822. The van der Waals surface area contributed by atoms with Gasteiger partial charge in [-0.25, -0.2) is 4.98 Å². The maximum absolute atomic E-state index is 12.2. The summed E-state index contributed by atoms with van der Waals surface area (Å²) in [7, 11) is 4.95. The third-order valence-corrected chi connectivity index (χ3v) is 3.85. The van der Waals surface area contributed by atoms with Gasteiger partial charge in [0, 0.05) is 18.6 Å². The molecular formula is C15H18N2O3S. The number of hydrogen-bond acceptors (Lipinski definition) is 5. The molecule has 0 spiro atoms. The monoisotopic (exact) mass is 306 g/mol. The van der Waals surface area contributed by atoms with Crippen molar-refractivity contribution in [3.63, 3.8) is 0 Å². The molecule has 21 heavy (non-hydrogen) atoms. The van der Waals surface area contributed by atoms with Gasteiger partial charge in [0.05, 0.1) is 27.2 Å². The summed E-state index contributed by atoms with van der Waals surface area (Å²) in [6.45, 7) is 0.532. The molecule has 0 bridgehead atoms. The molecule has 0 saturated carbocycles. The van der Waals surface area contributed by atoms with Crippen molar-refractivity contribution in [3.05, 3.63) is 40.3 Å². The number of carbonyl (C=O) groups excluding carboxylic acids is 1. The van der Waals surface area contributed by atoms with E-state index in [9.17, 15) is 4.79 Å². The molecule has 1 aromatic heterocycles. The standard InChI is InChI=1S/C15H18N2O3S/c1-17(10-14-16-6-7-21-14)15(18)9-11-4-5-12(19-2)13(8-11)20-3/h4-8H,9-10H2,1-3H3. The number of carbonyl (C=O) groups is 1. The summed E-state index contributed by atoms with van der Waals surface area (Å²) in [5.41, 5.74) is 0.892. The highest BCUT2D eigenvalue weighted by molar-refractivity contribution is 7.09.